The number of rotatable bonds is 3. The number of likely N-dealkylation sites (tertiary alicyclic amines) is 1. The standard InChI is InChI=1S/C18H27N5O2S/c1-21-9-8-18(25,17(11-21)6-4-5-7-17)12-23-15(24)13-10-19-16(26-3)20-14(13)22(23)2/h10,25H,4-9,11-12H2,1-3H3. The van der Waals surface area contributed by atoms with E-state index in [9.17, 15) is 9.90 Å². The third-order valence-electron chi connectivity index (χ3n) is 6.50. The first kappa shape index (κ1) is 18.0. The number of aryl methyl sites for hydroxylation is 1. The van der Waals surface area contributed by atoms with Crippen molar-refractivity contribution in [2.45, 2.75) is 49.4 Å². The van der Waals surface area contributed by atoms with Gasteiger partial charge in [-0.1, -0.05) is 24.6 Å². The first-order valence-electron chi connectivity index (χ1n) is 9.27. The fraction of sp³-hybridized carbons (Fsp3) is 0.722. The van der Waals surface area contributed by atoms with Crippen molar-refractivity contribution in [2.75, 3.05) is 26.4 Å². The summed E-state index contributed by atoms with van der Waals surface area (Å²) in [5.74, 6) is 0. The van der Waals surface area contributed by atoms with Crippen LogP contribution in [0.1, 0.15) is 32.1 Å². The Bertz CT molecular complexity index is 886. The highest BCUT2D eigenvalue weighted by molar-refractivity contribution is 7.98. The topological polar surface area (TPSA) is 76.2 Å². The molecule has 2 aliphatic rings. The Labute approximate surface area is 157 Å². The molecule has 0 radical (unpaired) electrons. The zero-order valence-corrected chi connectivity index (χ0v) is 16.6. The number of nitrogens with zero attached hydrogens (tertiary/aromatic N) is 5. The van der Waals surface area contributed by atoms with Crippen molar-refractivity contribution in [1.29, 1.82) is 0 Å². The second kappa shape index (κ2) is 6.35. The van der Waals surface area contributed by atoms with Gasteiger partial charge in [0.1, 0.15) is 5.39 Å². The van der Waals surface area contributed by atoms with Gasteiger partial charge in [-0.3, -0.25) is 9.48 Å². The van der Waals surface area contributed by atoms with Gasteiger partial charge in [0.15, 0.2) is 10.8 Å². The Morgan fingerprint density at radius 1 is 1.27 bits per heavy atom. The van der Waals surface area contributed by atoms with Gasteiger partial charge in [0, 0.05) is 31.7 Å². The van der Waals surface area contributed by atoms with Crippen molar-refractivity contribution in [2.24, 2.45) is 12.5 Å². The normalized spacial score (nSPS) is 26.2. The maximum absolute atomic E-state index is 13.0. The van der Waals surface area contributed by atoms with Gasteiger partial charge in [-0.2, -0.15) is 0 Å². The van der Waals surface area contributed by atoms with E-state index in [0.717, 1.165) is 38.8 Å². The summed E-state index contributed by atoms with van der Waals surface area (Å²) in [6, 6.07) is 0. The van der Waals surface area contributed by atoms with Crippen molar-refractivity contribution in [3.05, 3.63) is 16.6 Å². The van der Waals surface area contributed by atoms with Gasteiger partial charge in [0.2, 0.25) is 0 Å². The number of aromatic nitrogens is 4. The van der Waals surface area contributed by atoms with Crippen LogP contribution < -0.4 is 5.56 Å². The molecule has 7 nitrogen and oxygen atoms in total. The minimum absolute atomic E-state index is 0.115. The Balaban J connectivity index is 1.77. The van der Waals surface area contributed by atoms with Crippen LogP contribution >= 0.6 is 11.8 Å². The maximum Gasteiger partial charge on any atom is 0.277 e. The molecule has 26 heavy (non-hydrogen) atoms. The number of thioether (sulfide) groups is 1. The molecule has 2 aromatic heterocycles. The molecular formula is C18H27N5O2S. The van der Waals surface area contributed by atoms with E-state index < -0.39 is 5.60 Å². The minimum Gasteiger partial charge on any atom is -0.387 e. The van der Waals surface area contributed by atoms with Crippen LogP contribution in [0.4, 0.5) is 0 Å². The molecule has 3 heterocycles. The SMILES string of the molecule is CSc1ncc2c(=O)n(CC3(O)CCN(C)CC34CCCC4)n(C)c2n1. The van der Waals surface area contributed by atoms with Crippen molar-refractivity contribution in [1.82, 2.24) is 24.2 Å². The van der Waals surface area contributed by atoms with E-state index in [2.05, 4.69) is 21.9 Å². The molecule has 4 rings (SSSR count). The van der Waals surface area contributed by atoms with E-state index >= 15 is 0 Å². The van der Waals surface area contributed by atoms with Crippen LogP contribution in [0.25, 0.3) is 11.0 Å². The first-order valence-corrected chi connectivity index (χ1v) is 10.5. The van der Waals surface area contributed by atoms with Gasteiger partial charge >= 0.3 is 0 Å². The third-order valence-corrected chi connectivity index (χ3v) is 7.06. The van der Waals surface area contributed by atoms with Crippen molar-refractivity contribution >= 4 is 22.8 Å². The van der Waals surface area contributed by atoms with Crippen molar-refractivity contribution < 1.29 is 5.11 Å². The van der Waals surface area contributed by atoms with Crippen LogP contribution in [-0.4, -0.2) is 61.3 Å². The molecule has 1 saturated carbocycles. The largest absolute Gasteiger partial charge is 0.387 e. The van der Waals surface area contributed by atoms with E-state index in [0.29, 0.717) is 29.2 Å². The first-order chi connectivity index (χ1) is 12.4. The average molecular weight is 378 g/mol. The van der Waals surface area contributed by atoms with E-state index in [1.807, 2.05) is 13.3 Å². The predicted octanol–water partition coefficient (Wildman–Crippen LogP) is 1.48. The maximum atomic E-state index is 13.0. The molecule has 0 bridgehead atoms. The quantitative estimate of drug-likeness (QED) is 0.645. The number of piperidine rings is 1. The molecule has 2 aromatic rings. The van der Waals surface area contributed by atoms with Crippen LogP contribution in [0.5, 0.6) is 0 Å². The molecule has 1 spiro atoms. The van der Waals surface area contributed by atoms with E-state index in [-0.39, 0.29) is 11.0 Å². The van der Waals surface area contributed by atoms with Crippen molar-refractivity contribution in [3.63, 3.8) is 0 Å². The van der Waals surface area contributed by atoms with Gasteiger partial charge in [-0.15, -0.1) is 0 Å². The Hall–Kier alpha value is -1.38. The highest BCUT2D eigenvalue weighted by Gasteiger charge is 2.54. The van der Waals surface area contributed by atoms with Gasteiger partial charge in [0.25, 0.3) is 5.56 Å². The Morgan fingerprint density at radius 2 is 2.00 bits per heavy atom. The Morgan fingerprint density at radius 3 is 2.69 bits per heavy atom. The molecule has 8 heteroatoms. The second-order valence-electron chi connectivity index (χ2n) is 7.99. The van der Waals surface area contributed by atoms with Crippen LogP contribution in [-0.2, 0) is 13.6 Å². The van der Waals surface area contributed by atoms with E-state index in [1.54, 1.807) is 15.6 Å². The third kappa shape index (κ3) is 2.61. The lowest BCUT2D eigenvalue weighted by Crippen LogP contribution is -2.60. The van der Waals surface area contributed by atoms with Crippen LogP contribution in [0, 0.1) is 5.41 Å². The molecule has 142 valence electrons. The summed E-state index contributed by atoms with van der Waals surface area (Å²) in [6.45, 7) is 2.08. The summed E-state index contributed by atoms with van der Waals surface area (Å²) in [6.07, 6.45) is 8.59. The molecule has 1 saturated heterocycles. The monoisotopic (exact) mass is 377 g/mol. The van der Waals surface area contributed by atoms with Crippen LogP contribution in [0.3, 0.4) is 0 Å². The molecule has 1 atom stereocenters. The van der Waals surface area contributed by atoms with E-state index in [1.165, 1.54) is 11.8 Å². The van der Waals surface area contributed by atoms with Crippen molar-refractivity contribution in [3.8, 4) is 0 Å². The minimum atomic E-state index is -0.863. The predicted molar refractivity (Wildman–Crippen MR) is 103 cm³/mol. The molecular weight excluding hydrogens is 350 g/mol. The van der Waals surface area contributed by atoms with Crippen LogP contribution in [0.2, 0.25) is 0 Å². The molecule has 1 aliphatic carbocycles. The van der Waals surface area contributed by atoms with Gasteiger partial charge in [0.05, 0.1) is 12.1 Å². The zero-order valence-electron chi connectivity index (χ0n) is 15.7. The average Bonchev–Trinajstić information content (AvgIpc) is 3.19. The zero-order chi connectivity index (χ0) is 18.5. The fourth-order valence-electron chi connectivity index (χ4n) is 4.97. The van der Waals surface area contributed by atoms with Gasteiger partial charge in [-0.05, 0) is 32.6 Å². The highest BCUT2D eigenvalue weighted by Crippen LogP contribution is 2.51. The number of hydrogen-bond acceptors (Lipinski definition) is 6. The molecule has 1 N–H and O–H groups in total. The highest BCUT2D eigenvalue weighted by atomic mass is 32.2. The van der Waals surface area contributed by atoms with Gasteiger partial charge < -0.3 is 10.0 Å². The number of hydrogen-bond donors (Lipinski definition) is 1. The van der Waals surface area contributed by atoms with E-state index in [4.69, 9.17) is 0 Å². The molecule has 1 unspecified atom stereocenters. The second-order valence-corrected chi connectivity index (χ2v) is 8.76. The lowest BCUT2D eigenvalue weighted by molar-refractivity contribution is -0.141. The molecule has 1 aliphatic heterocycles. The summed E-state index contributed by atoms with van der Waals surface area (Å²) < 4.78 is 3.45. The number of fused-ring (bicyclic) bond motifs is 1. The summed E-state index contributed by atoms with van der Waals surface area (Å²) in [4.78, 5) is 24.0. The van der Waals surface area contributed by atoms with Gasteiger partial charge in [-0.25, -0.2) is 14.6 Å². The Kier molecular flexibility index (Phi) is 4.40. The number of aliphatic hydroxyl groups is 1. The lowest BCUT2D eigenvalue weighted by atomic mass is 9.66. The summed E-state index contributed by atoms with van der Waals surface area (Å²) in [5.41, 5.74) is -0.467. The molecule has 0 aromatic carbocycles. The smallest absolute Gasteiger partial charge is 0.277 e. The summed E-state index contributed by atoms with van der Waals surface area (Å²) >= 11 is 1.46. The molecule has 0 amide bonds. The summed E-state index contributed by atoms with van der Waals surface area (Å²) in [5, 5.41) is 12.9. The summed E-state index contributed by atoms with van der Waals surface area (Å²) in [7, 11) is 3.97. The van der Waals surface area contributed by atoms with Crippen LogP contribution in [0.15, 0.2) is 16.1 Å². The lowest BCUT2D eigenvalue weighted by Gasteiger charge is -2.51. The molecule has 2 fully saturated rings. The fourth-order valence-corrected chi connectivity index (χ4v) is 5.31.